The fourth-order valence-corrected chi connectivity index (χ4v) is 1.86. The van der Waals surface area contributed by atoms with Crippen LogP contribution in [0.4, 0.5) is 5.82 Å². The molecule has 2 rings (SSSR count). The van der Waals surface area contributed by atoms with Crippen molar-refractivity contribution in [3.8, 4) is 0 Å². The molecule has 4 nitrogen and oxygen atoms in total. The first kappa shape index (κ1) is 10.5. The third-order valence-electron chi connectivity index (χ3n) is 2.38. The Hall–Kier alpha value is -0.980. The van der Waals surface area contributed by atoms with Crippen LogP contribution in [-0.2, 0) is 4.79 Å². The fourth-order valence-electron chi connectivity index (χ4n) is 1.57. The van der Waals surface area contributed by atoms with Gasteiger partial charge in [0, 0.05) is 18.9 Å². The van der Waals surface area contributed by atoms with E-state index >= 15 is 0 Å². The van der Waals surface area contributed by atoms with Crippen LogP contribution < -0.4 is 4.90 Å². The number of aromatic nitrogens is 2. The van der Waals surface area contributed by atoms with Gasteiger partial charge in [0.2, 0.25) is 5.91 Å². The zero-order valence-electron chi connectivity index (χ0n) is 8.06. The minimum atomic E-state index is 0.0930. The molecule has 78 valence electrons. The lowest BCUT2D eigenvalue weighted by Crippen LogP contribution is -2.25. The number of hydrogen-bond acceptors (Lipinski definition) is 3. The summed E-state index contributed by atoms with van der Waals surface area (Å²) in [5.41, 5.74) is 0. The predicted molar refractivity (Wildman–Crippen MR) is 65.4 cm³/mol. The Balaban J connectivity index is 2.21. The van der Waals surface area contributed by atoms with E-state index in [1.165, 1.54) is 0 Å². The summed E-state index contributed by atoms with van der Waals surface area (Å²) in [5, 5.41) is 7.92. The van der Waals surface area contributed by atoms with Crippen molar-refractivity contribution >= 4 is 34.3 Å². The van der Waals surface area contributed by atoms with E-state index < -0.39 is 0 Å². The van der Waals surface area contributed by atoms with E-state index in [0.29, 0.717) is 18.8 Å². The monoisotopic (exact) mass is 315 g/mol. The van der Waals surface area contributed by atoms with Crippen LogP contribution in [0.3, 0.4) is 0 Å². The molecule has 15 heavy (non-hydrogen) atoms. The molecule has 2 heterocycles. The highest BCUT2D eigenvalue weighted by Gasteiger charge is 2.29. The van der Waals surface area contributed by atoms with Crippen molar-refractivity contribution in [2.45, 2.75) is 6.42 Å². The molecule has 0 aliphatic carbocycles. The van der Waals surface area contributed by atoms with Crippen LogP contribution in [0.1, 0.15) is 6.42 Å². The Morgan fingerprint density at radius 3 is 2.87 bits per heavy atom. The van der Waals surface area contributed by atoms with Gasteiger partial charge in [-0.05, 0) is 34.7 Å². The summed E-state index contributed by atoms with van der Waals surface area (Å²) in [5.74, 6) is 0.957. The van der Waals surface area contributed by atoms with Gasteiger partial charge in [0.05, 0.1) is 0 Å². The molecular formula is C10H10IN3O. The van der Waals surface area contributed by atoms with Gasteiger partial charge < -0.3 is 0 Å². The van der Waals surface area contributed by atoms with E-state index in [9.17, 15) is 4.79 Å². The third-order valence-corrected chi connectivity index (χ3v) is 2.96. The van der Waals surface area contributed by atoms with Crippen LogP contribution in [0.5, 0.6) is 0 Å². The normalized spacial score (nSPS) is 20.7. The van der Waals surface area contributed by atoms with Crippen LogP contribution in [0.25, 0.3) is 0 Å². The molecule has 1 fully saturated rings. The lowest BCUT2D eigenvalue weighted by Gasteiger charge is -2.13. The Bertz CT molecular complexity index is 390. The number of amides is 1. The summed E-state index contributed by atoms with van der Waals surface area (Å²) in [6, 6.07) is 3.66. The molecule has 1 unspecified atom stereocenters. The molecule has 1 aliphatic rings. The van der Waals surface area contributed by atoms with Crippen LogP contribution in [-0.4, -0.2) is 22.6 Å². The molecule has 0 bridgehead atoms. The van der Waals surface area contributed by atoms with Crippen LogP contribution in [0.2, 0.25) is 0 Å². The van der Waals surface area contributed by atoms with Crippen molar-refractivity contribution in [2.75, 3.05) is 11.4 Å². The maximum atomic E-state index is 11.6. The van der Waals surface area contributed by atoms with Gasteiger partial charge in [0.1, 0.15) is 3.70 Å². The van der Waals surface area contributed by atoms with Gasteiger partial charge >= 0.3 is 0 Å². The highest BCUT2D eigenvalue weighted by molar-refractivity contribution is 14.1. The maximum Gasteiger partial charge on any atom is 0.228 e. The molecular weight excluding hydrogens is 305 g/mol. The Morgan fingerprint density at radius 2 is 2.33 bits per heavy atom. The van der Waals surface area contributed by atoms with Crippen molar-refractivity contribution in [1.29, 1.82) is 0 Å². The summed E-state index contributed by atoms with van der Waals surface area (Å²) in [7, 11) is 0. The van der Waals surface area contributed by atoms with Crippen molar-refractivity contribution in [3.63, 3.8) is 0 Å². The van der Waals surface area contributed by atoms with E-state index in [1.54, 1.807) is 4.90 Å². The highest BCUT2D eigenvalue weighted by atomic mass is 127. The number of nitrogens with zero attached hydrogens (tertiary/aromatic N) is 3. The lowest BCUT2D eigenvalue weighted by molar-refractivity contribution is -0.117. The van der Waals surface area contributed by atoms with E-state index in [-0.39, 0.29) is 11.8 Å². The zero-order chi connectivity index (χ0) is 10.8. The molecule has 1 aromatic rings. The number of anilines is 1. The first-order chi connectivity index (χ1) is 7.20. The highest BCUT2D eigenvalue weighted by Crippen LogP contribution is 2.23. The van der Waals surface area contributed by atoms with E-state index in [0.717, 1.165) is 3.70 Å². The summed E-state index contributed by atoms with van der Waals surface area (Å²) in [4.78, 5) is 13.3. The molecule has 0 aromatic carbocycles. The largest absolute Gasteiger partial charge is 0.295 e. The predicted octanol–water partition coefficient (Wildman–Crippen LogP) is 1.62. The van der Waals surface area contributed by atoms with Gasteiger partial charge in [0.25, 0.3) is 0 Å². The second-order valence-electron chi connectivity index (χ2n) is 3.42. The van der Waals surface area contributed by atoms with Crippen molar-refractivity contribution in [1.82, 2.24) is 10.2 Å². The van der Waals surface area contributed by atoms with Gasteiger partial charge in [-0.15, -0.1) is 16.8 Å². The zero-order valence-corrected chi connectivity index (χ0v) is 10.2. The first-order valence-electron chi connectivity index (χ1n) is 4.63. The number of carbonyl (C=O) groups is 1. The van der Waals surface area contributed by atoms with Crippen LogP contribution in [0, 0.1) is 9.62 Å². The van der Waals surface area contributed by atoms with Gasteiger partial charge in [-0.1, -0.05) is 6.08 Å². The Morgan fingerprint density at radius 1 is 1.53 bits per heavy atom. The summed E-state index contributed by atoms with van der Waals surface area (Å²) < 4.78 is 0.822. The number of hydrogen-bond donors (Lipinski definition) is 0. The Labute approximate surface area is 102 Å². The van der Waals surface area contributed by atoms with Crippen molar-refractivity contribution in [3.05, 3.63) is 28.5 Å². The number of carbonyl (C=O) groups excluding carboxylic acids is 1. The van der Waals surface area contributed by atoms with Gasteiger partial charge in [-0.25, -0.2) is 0 Å². The fraction of sp³-hybridized carbons (Fsp3) is 0.300. The molecule has 1 aromatic heterocycles. The maximum absolute atomic E-state index is 11.6. The van der Waals surface area contributed by atoms with Gasteiger partial charge in [0.15, 0.2) is 5.82 Å². The molecule has 0 radical (unpaired) electrons. The molecule has 5 heteroatoms. The first-order valence-corrected chi connectivity index (χ1v) is 5.70. The molecule has 1 atom stereocenters. The number of halogens is 1. The minimum Gasteiger partial charge on any atom is -0.295 e. The second-order valence-corrected chi connectivity index (χ2v) is 4.52. The Kier molecular flexibility index (Phi) is 2.99. The minimum absolute atomic E-state index is 0.0930. The topological polar surface area (TPSA) is 46.1 Å². The molecule has 0 N–H and O–H groups in total. The van der Waals surface area contributed by atoms with Gasteiger partial charge in [-0.3, -0.25) is 9.69 Å². The van der Waals surface area contributed by atoms with Crippen LogP contribution in [0.15, 0.2) is 24.8 Å². The standard InChI is InChI=1S/C10H10IN3O/c1-2-7-5-10(15)14(6-7)9-4-3-8(11)12-13-9/h2-4,7H,1,5-6H2. The van der Waals surface area contributed by atoms with Crippen molar-refractivity contribution in [2.24, 2.45) is 5.92 Å². The average Bonchev–Trinajstić information content (AvgIpc) is 2.61. The molecule has 1 aliphatic heterocycles. The summed E-state index contributed by atoms with van der Waals surface area (Å²) in [6.45, 7) is 4.37. The van der Waals surface area contributed by atoms with Crippen molar-refractivity contribution < 1.29 is 4.79 Å². The van der Waals surface area contributed by atoms with Gasteiger partial charge in [-0.2, -0.15) is 0 Å². The quantitative estimate of drug-likeness (QED) is 0.615. The number of rotatable bonds is 2. The lowest BCUT2D eigenvalue weighted by atomic mass is 10.1. The molecule has 0 saturated carbocycles. The molecule has 1 amide bonds. The van der Waals surface area contributed by atoms with E-state index in [1.807, 2.05) is 18.2 Å². The second kappa shape index (κ2) is 4.26. The molecule has 1 saturated heterocycles. The third kappa shape index (κ3) is 2.17. The SMILES string of the molecule is C=CC1CC(=O)N(c2ccc(I)nn2)C1. The van der Waals surface area contributed by atoms with Crippen LogP contribution >= 0.6 is 22.6 Å². The van der Waals surface area contributed by atoms with E-state index in [2.05, 4.69) is 39.4 Å². The summed E-state index contributed by atoms with van der Waals surface area (Å²) >= 11 is 2.08. The molecule has 0 spiro atoms. The van der Waals surface area contributed by atoms with E-state index in [4.69, 9.17) is 0 Å². The average molecular weight is 315 g/mol. The summed E-state index contributed by atoms with van der Waals surface area (Å²) in [6.07, 6.45) is 2.34. The smallest absolute Gasteiger partial charge is 0.228 e.